The summed E-state index contributed by atoms with van der Waals surface area (Å²) in [6.45, 7) is 4.44. The van der Waals surface area contributed by atoms with E-state index in [1.165, 1.54) is 47.1 Å². The molecule has 1 unspecified atom stereocenters. The molecule has 0 bridgehead atoms. The van der Waals surface area contributed by atoms with Gasteiger partial charge in [0.25, 0.3) is 0 Å². The van der Waals surface area contributed by atoms with Crippen LogP contribution >= 0.6 is 11.6 Å². The zero-order valence-corrected chi connectivity index (χ0v) is 13.7. The molecule has 1 aliphatic carbocycles. The fraction of sp³-hybridized carbons (Fsp3) is 0.400. The predicted molar refractivity (Wildman–Crippen MR) is 91.4 cm³/mol. The van der Waals surface area contributed by atoms with Crippen LogP contribution in [-0.2, 0) is 18.3 Å². The van der Waals surface area contributed by atoms with Gasteiger partial charge in [-0.25, -0.2) is 0 Å². The van der Waals surface area contributed by atoms with Crippen molar-refractivity contribution >= 4 is 11.6 Å². The molecule has 1 aliphatic rings. The van der Waals surface area contributed by atoms with Crippen molar-refractivity contribution in [2.45, 2.75) is 44.9 Å². The molecular weight excluding hydrogens is 276 g/mol. The van der Waals surface area contributed by atoms with Crippen molar-refractivity contribution in [2.24, 2.45) is 0 Å². The lowest BCUT2D eigenvalue weighted by molar-refractivity contribution is 0.395. The van der Waals surface area contributed by atoms with Crippen LogP contribution in [-0.4, -0.2) is 5.88 Å². The van der Waals surface area contributed by atoms with Crippen molar-refractivity contribution in [3.05, 3.63) is 70.3 Å². The molecule has 0 heterocycles. The minimum absolute atomic E-state index is 0.104. The normalized spacial score (nSPS) is 21.1. The SMILES string of the molecule is Cc1cccc(C)c1CC1(CCl)CCCc2ccccc21. The molecule has 0 aromatic heterocycles. The average molecular weight is 299 g/mol. The van der Waals surface area contributed by atoms with Crippen LogP contribution < -0.4 is 0 Å². The molecular formula is C20H23Cl. The summed E-state index contributed by atoms with van der Waals surface area (Å²) < 4.78 is 0. The number of hydrogen-bond acceptors (Lipinski definition) is 0. The first-order chi connectivity index (χ1) is 10.2. The van der Waals surface area contributed by atoms with Crippen LogP contribution in [0.1, 0.15) is 40.7 Å². The lowest BCUT2D eigenvalue weighted by atomic mass is 9.67. The molecule has 0 radical (unpaired) electrons. The Hall–Kier alpha value is -1.27. The van der Waals surface area contributed by atoms with Gasteiger partial charge in [-0.3, -0.25) is 0 Å². The van der Waals surface area contributed by atoms with Crippen LogP contribution in [0.2, 0.25) is 0 Å². The smallest absolute Gasteiger partial charge is 0.0323 e. The fourth-order valence-corrected chi connectivity index (χ4v) is 4.22. The molecule has 1 heteroatoms. The maximum absolute atomic E-state index is 6.52. The Bertz CT molecular complexity index is 624. The van der Waals surface area contributed by atoms with E-state index in [1.807, 2.05) is 0 Å². The lowest BCUT2D eigenvalue weighted by Gasteiger charge is -2.38. The van der Waals surface area contributed by atoms with Gasteiger partial charge in [0.15, 0.2) is 0 Å². The first kappa shape index (κ1) is 14.7. The second kappa shape index (κ2) is 5.85. The van der Waals surface area contributed by atoms with E-state index < -0.39 is 0 Å². The van der Waals surface area contributed by atoms with Gasteiger partial charge in [0.1, 0.15) is 0 Å². The van der Waals surface area contributed by atoms with E-state index in [0.29, 0.717) is 5.88 Å². The molecule has 0 saturated carbocycles. The molecule has 3 rings (SSSR count). The van der Waals surface area contributed by atoms with Crippen LogP contribution in [0.5, 0.6) is 0 Å². The van der Waals surface area contributed by atoms with Gasteiger partial charge >= 0.3 is 0 Å². The third-order valence-electron chi connectivity index (χ3n) is 5.11. The van der Waals surface area contributed by atoms with Gasteiger partial charge < -0.3 is 0 Å². The Morgan fingerprint density at radius 1 is 1.00 bits per heavy atom. The Balaban J connectivity index is 2.07. The molecule has 2 aromatic carbocycles. The van der Waals surface area contributed by atoms with Crippen molar-refractivity contribution in [1.29, 1.82) is 0 Å². The summed E-state index contributed by atoms with van der Waals surface area (Å²) in [6.07, 6.45) is 4.70. The Morgan fingerprint density at radius 2 is 1.71 bits per heavy atom. The first-order valence-electron chi connectivity index (χ1n) is 7.86. The van der Waals surface area contributed by atoms with E-state index in [1.54, 1.807) is 0 Å². The van der Waals surface area contributed by atoms with Gasteiger partial charge in [-0.1, -0.05) is 42.5 Å². The third-order valence-corrected chi connectivity index (χ3v) is 5.62. The van der Waals surface area contributed by atoms with Crippen LogP contribution in [0, 0.1) is 13.8 Å². The molecule has 1 atom stereocenters. The molecule has 0 spiro atoms. The van der Waals surface area contributed by atoms with Crippen molar-refractivity contribution in [1.82, 2.24) is 0 Å². The summed E-state index contributed by atoms with van der Waals surface area (Å²) in [5.41, 5.74) is 7.34. The minimum atomic E-state index is 0.104. The van der Waals surface area contributed by atoms with E-state index in [2.05, 4.69) is 56.3 Å². The number of alkyl halides is 1. The van der Waals surface area contributed by atoms with Gasteiger partial charge in [-0.15, -0.1) is 11.6 Å². The highest BCUT2D eigenvalue weighted by Gasteiger charge is 2.36. The van der Waals surface area contributed by atoms with Gasteiger partial charge in [-0.05, 0) is 67.3 Å². The number of fused-ring (bicyclic) bond motifs is 1. The van der Waals surface area contributed by atoms with Crippen molar-refractivity contribution in [3.8, 4) is 0 Å². The topological polar surface area (TPSA) is 0 Å². The standard InChI is InChI=1S/C20H23Cl/c1-15-7-5-8-16(2)18(15)13-20(14-21)12-6-10-17-9-3-4-11-19(17)20/h3-5,7-9,11H,6,10,12-14H2,1-2H3. The maximum Gasteiger partial charge on any atom is 0.0323 e. The molecule has 0 amide bonds. The highest BCUT2D eigenvalue weighted by Crippen LogP contribution is 2.41. The number of hydrogen-bond donors (Lipinski definition) is 0. The lowest BCUT2D eigenvalue weighted by Crippen LogP contribution is -2.35. The molecule has 0 N–H and O–H groups in total. The zero-order chi connectivity index (χ0) is 14.9. The largest absolute Gasteiger partial charge is 0.126 e. The Kier molecular flexibility index (Phi) is 4.08. The van der Waals surface area contributed by atoms with E-state index >= 15 is 0 Å². The van der Waals surface area contributed by atoms with E-state index in [9.17, 15) is 0 Å². The number of rotatable bonds is 3. The Labute approximate surface area is 133 Å². The molecule has 0 fully saturated rings. The van der Waals surface area contributed by atoms with Crippen LogP contribution in [0.3, 0.4) is 0 Å². The highest BCUT2D eigenvalue weighted by atomic mass is 35.5. The molecule has 21 heavy (non-hydrogen) atoms. The zero-order valence-electron chi connectivity index (χ0n) is 13.0. The third kappa shape index (κ3) is 2.62. The van der Waals surface area contributed by atoms with Crippen LogP contribution in [0.15, 0.2) is 42.5 Å². The van der Waals surface area contributed by atoms with Crippen LogP contribution in [0.4, 0.5) is 0 Å². The summed E-state index contributed by atoms with van der Waals surface area (Å²) in [4.78, 5) is 0. The number of benzene rings is 2. The second-order valence-corrected chi connectivity index (χ2v) is 6.74. The molecule has 2 aromatic rings. The average Bonchev–Trinajstić information content (AvgIpc) is 2.51. The molecule has 0 saturated heterocycles. The van der Waals surface area contributed by atoms with Crippen molar-refractivity contribution < 1.29 is 0 Å². The second-order valence-electron chi connectivity index (χ2n) is 6.47. The van der Waals surface area contributed by atoms with Crippen molar-refractivity contribution in [3.63, 3.8) is 0 Å². The van der Waals surface area contributed by atoms with Gasteiger partial charge in [0.2, 0.25) is 0 Å². The summed E-state index contributed by atoms with van der Waals surface area (Å²) >= 11 is 6.52. The summed E-state index contributed by atoms with van der Waals surface area (Å²) in [6, 6.07) is 15.5. The van der Waals surface area contributed by atoms with Crippen LogP contribution in [0.25, 0.3) is 0 Å². The highest BCUT2D eigenvalue weighted by molar-refractivity contribution is 6.18. The molecule has 110 valence electrons. The van der Waals surface area contributed by atoms with E-state index in [4.69, 9.17) is 11.6 Å². The fourth-order valence-electron chi connectivity index (χ4n) is 3.84. The van der Waals surface area contributed by atoms with Gasteiger partial charge in [0, 0.05) is 11.3 Å². The molecule has 0 nitrogen and oxygen atoms in total. The summed E-state index contributed by atoms with van der Waals surface area (Å²) in [5, 5.41) is 0. The van der Waals surface area contributed by atoms with Gasteiger partial charge in [0.05, 0.1) is 0 Å². The molecule has 0 aliphatic heterocycles. The summed E-state index contributed by atoms with van der Waals surface area (Å²) in [7, 11) is 0. The van der Waals surface area contributed by atoms with Gasteiger partial charge in [-0.2, -0.15) is 0 Å². The quantitative estimate of drug-likeness (QED) is 0.669. The Morgan fingerprint density at radius 3 is 2.43 bits per heavy atom. The maximum atomic E-state index is 6.52. The monoisotopic (exact) mass is 298 g/mol. The summed E-state index contributed by atoms with van der Waals surface area (Å²) in [5.74, 6) is 0.706. The van der Waals surface area contributed by atoms with Crippen molar-refractivity contribution in [2.75, 3.05) is 5.88 Å². The minimum Gasteiger partial charge on any atom is -0.126 e. The van der Waals surface area contributed by atoms with E-state index in [0.717, 1.165) is 6.42 Å². The predicted octanol–water partition coefficient (Wildman–Crippen LogP) is 5.36. The number of halogens is 1. The first-order valence-corrected chi connectivity index (χ1v) is 8.39. The number of aryl methyl sites for hydroxylation is 3. The van der Waals surface area contributed by atoms with E-state index in [-0.39, 0.29) is 5.41 Å².